The molecule has 1 aromatic rings. The lowest BCUT2D eigenvalue weighted by atomic mass is 10.2. The molecule has 0 spiro atoms. The number of nitrogens with zero attached hydrogens (tertiary/aromatic N) is 3. The second kappa shape index (κ2) is 9.17. The van der Waals surface area contributed by atoms with Crippen LogP contribution in [0.4, 0.5) is 0 Å². The lowest BCUT2D eigenvalue weighted by molar-refractivity contribution is -0.125. The lowest BCUT2D eigenvalue weighted by Gasteiger charge is -2.18. The minimum absolute atomic E-state index is 0.216. The van der Waals surface area contributed by atoms with Gasteiger partial charge in [-0.3, -0.25) is 4.79 Å². The summed E-state index contributed by atoms with van der Waals surface area (Å²) < 4.78 is 5.21. The van der Waals surface area contributed by atoms with Crippen molar-refractivity contribution in [3.05, 3.63) is 35.9 Å². The van der Waals surface area contributed by atoms with Crippen LogP contribution in [0.15, 0.2) is 30.3 Å². The summed E-state index contributed by atoms with van der Waals surface area (Å²) >= 11 is 0. The van der Waals surface area contributed by atoms with Gasteiger partial charge in [-0.1, -0.05) is 18.2 Å². The number of hydrogen-bond acceptors (Lipinski definition) is 4. The molecule has 108 valence electrons. The molecule has 21 heavy (non-hydrogen) atoms. The average Bonchev–Trinajstić information content (AvgIpc) is 2.53. The van der Waals surface area contributed by atoms with E-state index in [0.29, 0.717) is 18.8 Å². The van der Waals surface area contributed by atoms with Gasteiger partial charge in [0.2, 0.25) is 5.91 Å². The van der Waals surface area contributed by atoms with E-state index in [2.05, 4.69) is 0 Å². The van der Waals surface area contributed by atoms with Crippen LogP contribution in [0.5, 0.6) is 5.75 Å². The second-order valence-electron chi connectivity index (χ2n) is 4.22. The summed E-state index contributed by atoms with van der Waals surface area (Å²) in [5.74, 6) is 0.466. The summed E-state index contributed by atoms with van der Waals surface area (Å²) in [5, 5.41) is 17.2. The normalized spacial score (nSPS) is 9.86. The number of carbonyl (C=O) groups excluding carboxylic acids is 1. The molecule has 0 bridgehead atoms. The van der Waals surface area contributed by atoms with E-state index in [1.165, 1.54) is 11.0 Å². The van der Waals surface area contributed by atoms with Gasteiger partial charge in [0.25, 0.3) is 0 Å². The Kier molecular flexibility index (Phi) is 7.10. The quantitative estimate of drug-likeness (QED) is 0.720. The number of benzene rings is 1. The van der Waals surface area contributed by atoms with Gasteiger partial charge < -0.3 is 9.64 Å². The van der Waals surface area contributed by atoms with Crippen molar-refractivity contribution < 1.29 is 9.53 Å². The fourth-order valence-electron chi connectivity index (χ4n) is 1.77. The van der Waals surface area contributed by atoms with Gasteiger partial charge in [-0.15, -0.1) is 0 Å². The predicted octanol–water partition coefficient (Wildman–Crippen LogP) is 2.36. The van der Waals surface area contributed by atoms with Gasteiger partial charge in [-0.25, -0.2) is 0 Å². The minimum atomic E-state index is -0.216. The van der Waals surface area contributed by atoms with Crippen LogP contribution < -0.4 is 4.74 Å². The molecule has 0 aliphatic heterocycles. The Morgan fingerprint density at radius 2 is 1.86 bits per heavy atom. The van der Waals surface area contributed by atoms with Crippen molar-refractivity contribution in [2.45, 2.75) is 12.8 Å². The zero-order valence-electron chi connectivity index (χ0n) is 12.0. The molecule has 5 heteroatoms. The highest BCUT2D eigenvalue weighted by Gasteiger charge is 2.10. The standard InChI is InChI=1S/C16H17N3O2/c1-21-15-7-3-2-6-14(15)8-9-16(20)19(12-4-10-17)13-5-11-18/h2-3,6-9H,4-5,12-13H2,1H3. The minimum Gasteiger partial charge on any atom is -0.496 e. The van der Waals surface area contributed by atoms with Crippen LogP contribution in [0, 0.1) is 22.7 Å². The van der Waals surface area contributed by atoms with Crippen molar-refractivity contribution in [3.63, 3.8) is 0 Å². The number of hydrogen-bond donors (Lipinski definition) is 0. The molecule has 0 aromatic heterocycles. The molecule has 0 N–H and O–H groups in total. The molecule has 0 atom stereocenters. The predicted molar refractivity (Wildman–Crippen MR) is 79.1 cm³/mol. The van der Waals surface area contributed by atoms with Gasteiger partial charge >= 0.3 is 0 Å². The van der Waals surface area contributed by atoms with E-state index >= 15 is 0 Å². The first kappa shape index (κ1) is 16.3. The number of ether oxygens (including phenoxy) is 1. The van der Waals surface area contributed by atoms with E-state index in [1.54, 1.807) is 13.2 Å². The van der Waals surface area contributed by atoms with Crippen molar-refractivity contribution in [2.75, 3.05) is 20.2 Å². The molecule has 0 aliphatic rings. The molecule has 0 saturated carbocycles. The maximum absolute atomic E-state index is 12.1. The van der Waals surface area contributed by atoms with Crippen LogP contribution in [-0.2, 0) is 4.79 Å². The van der Waals surface area contributed by atoms with Crippen LogP contribution in [-0.4, -0.2) is 31.0 Å². The van der Waals surface area contributed by atoms with Crippen molar-refractivity contribution in [1.29, 1.82) is 10.5 Å². The van der Waals surface area contributed by atoms with Crippen LogP contribution in [0.25, 0.3) is 6.08 Å². The smallest absolute Gasteiger partial charge is 0.246 e. The largest absolute Gasteiger partial charge is 0.496 e. The highest BCUT2D eigenvalue weighted by Crippen LogP contribution is 2.18. The first-order valence-electron chi connectivity index (χ1n) is 6.56. The van der Waals surface area contributed by atoms with Gasteiger partial charge in [0, 0.05) is 24.7 Å². The summed E-state index contributed by atoms with van der Waals surface area (Å²) in [6.45, 7) is 0.653. The third-order valence-corrected chi connectivity index (χ3v) is 2.84. The second-order valence-corrected chi connectivity index (χ2v) is 4.22. The number of nitriles is 2. The molecular formula is C16H17N3O2. The van der Waals surface area contributed by atoms with Gasteiger partial charge in [0.05, 0.1) is 32.1 Å². The first-order valence-corrected chi connectivity index (χ1v) is 6.56. The fourth-order valence-corrected chi connectivity index (χ4v) is 1.77. The van der Waals surface area contributed by atoms with E-state index in [1.807, 2.05) is 36.4 Å². The number of para-hydroxylation sites is 1. The van der Waals surface area contributed by atoms with Crippen molar-refractivity contribution in [1.82, 2.24) is 4.90 Å². The van der Waals surface area contributed by atoms with E-state index in [4.69, 9.17) is 15.3 Å². The number of carbonyl (C=O) groups is 1. The molecule has 0 heterocycles. The van der Waals surface area contributed by atoms with Crippen LogP contribution >= 0.6 is 0 Å². The van der Waals surface area contributed by atoms with Crippen LogP contribution in [0.3, 0.4) is 0 Å². The molecule has 0 unspecified atom stereocenters. The SMILES string of the molecule is COc1ccccc1C=CC(=O)N(CCC#N)CCC#N. The molecule has 0 saturated heterocycles. The Bertz CT molecular complexity index is 564. The summed E-state index contributed by atoms with van der Waals surface area (Å²) in [7, 11) is 1.57. The van der Waals surface area contributed by atoms with Gasteiger partial charge in [-0.2, -0.15) is 10.5 Å². The Hall–Kier alpha value is -2.79. The number of methoxy groups -OCH3 is 1. The van der Waals surface area contributed by atoms with Crippen molar-refractivity contribution >= 4 is 12.0 Å². The van der Waals surface area contributed by atoms with E-state index in [0.717, 1.165) is 5.56 Å². The molecule has 1 amide bonds. The van der Waals surface area contributed by atoms with Crippen molar-refractivity contribution in [2.24, 2.45) is 0 Å². The van der Waals surface area contributed by atoms with Crippen LogP contribution in [0.2, 0.25) is 0 Å². The van der Waals surface area contributed by atoms with E-state index in [-0.39, 0.29) is 18.7 Å². The number of rotatable bonds is 7. The molecule has 5 nitrogen and oxygen atoms in total. The third kappa shape index (κ3) is 5.38. The molecular weight excluding hydrogens is 266 g/mol. The lowest BCUT2D eigenvalue weighted by Crippen LogP contribution is -2.31. The summed E-state index contributed by atoms with van der Waals surface area (Å²) in [6.07, 6.45) is 3.61. The van der Waals surface area contributed by atoms with Gasteiger partial charge in [0.15, 0.2) is 0 Å². The maximum Gasteiger partial charge on any atom is 0.246 e. The van der Waals surface area contributed by atoms with E-state index in [9.17, 15) is 4.79 Å². The Morgan fingerprint density at radius 3 is 2.43 bits per heavy atom. The molecule has 0 fully saturated rings. The van der Waals surface area contributed by atoms with E-state index < -0.39 is 0 Å². The third-order valence-electron chi connectivity index (χ3n) is 2.84. The summed E-state index contributed by atoms with van der Waals surface area (Å²) in [5.41, 5.74) is 0.800. The fraction of sp³-hybridized carbons (Fsp3) is 0.312. The monoisotopic (exact) mass is 283 g/mol. The van der Waals surface area contributed by atoms with Crippen molar-refractivity contribution in [3.8, 4) is 17.9 Å². The molecule has 0 radical (unpaired) electrons. The average molecular weight is 283 g/mol. The Balaban J connectivity index is 2.77. The van der Waals surface area contributed by atoms with Crippen LogP contribution in [0.1, 0.15) is 18.4 Å². The summed E-state index contributed by atoms with van der Waals surface area (Å²) in [6, 6.07) is 11.4. The molecule has 0 aliphatic carbocycles. The topological polar surface area (TPSA) is 77.1 Å². The zero-order valence-corrected chi connectivity index (χ0v) is 12.0. The van der Waals surface area contributed by atoms with Gasteiger partial charge in [-0.05, 0) is 12.1 Å². The Labute approximate surface area is 124 Å². The highest BCUT2D eigenvalue weighted by atomic mass is 16.5. The highest BCUT2D eigenvalue weighted by molar-refractivity contribution is 5.92. The van der Waals surface area contributed by atoms with Gasteiger partial charge in [0.1, 0.15) is 5.75 Å². The Morgan fingerprint density at radius 1 is 1.24 bits per heavy atom. The first-order chi connectivity index (χ1) is 10.2. The molecule has 1 aromatic carbocycles. The maximum atomic E-state index is 12.1. The molecule has 1 rings (SSSR count). The summed E-state index contributed by atoms with van der Waals surface area (Å²) in [4.78, 5) is 13.6. The number of amides is 1. The zero-order chi connectivity index (χ0) is 15.5.